The molecule has 0 aliphatic rings. The molecule has 0 aliphatic heterocycles. The summed E-state index contributed by atoms with van der Waals surface area (Å²) in [6, 6.07) is 10.4. The first-order valence-electron chi connectivity index (χ1n) is 6.92. The van der Waals surface area contributed by atoms with Crippen LogP contribution in [0.2, 0.25) is 0 Å². The average molecular weight is 328 g/mol. The van der Waals surface area contributed by atoms with Gasteiger partial charge in [-0.1, -0.05) is 23.9 Å². The van der Waals surface area contributed by atoms with E-state index >= 15 is 0 Å². The zero-order chi connectivity index (χ0) is 17.0. The summed E-state index contributed by atoms with van der Waals surface area (Å²) in [7, 11) is 0. The lowest BCUT2D eigenvalue weighted by Gasteiger charge is -2.11. The maximum atomic E-state index is 12.3. The van der Waals surface area contributed by atoms with Gasteiger partial charge in [-0.3, -0.25) is 9.59 Å². The van der Waals surface area contributed by atoms with Crippen molar-refractivity contribution in [2.45, 2.75) is 18.9 Å². The molecule has 6 heteroatoms. The van der Waals surface area contributed by atoms with Crippen LogP contribution < -0.4 is 5.32 Å². The third-order valence-electron chi connectivity index (χ3n) is 3.33. The highest BCUT2D eigenvalue weighted by molar-refractivity contribution is 7.98. The largest absolute Gasteiger partial charge is 0.447 e. The molecule has 1 aromatic heterocycles. The second-order valence-electron chi connectivity index (χ2n) is 5.06. The van der Waals surface area contributed by atoms with Gasteiger partial charge < -0.3 is 9.73 Å². The molecule has 2 aromatic rings. The second-order valence-corrected chi connectivity index (χ2v) is 5.87. The number of amides is 1. The Kier molecular flexibility index (Phi) is 5.24. The van der Waals surface area contributed by atoms with Gasteiger partial charge in [0, 0.05) is 5.69 Å². The van der Waals surface area contributed by atoms with Gasteiger partial charge in [-0.05, 0) is 49.4 Å². The number of carbonyl (C=O) groups excluding carboxylic acids is 2. The minimum atomic E-state index is -1.45. The maximum Gasteiger partial charge on any atom is 0.249 e. The Morgan fingerprint density at radius 3 is 2.61 bits per heavy atom. The fourth-order valence-corrected chi connectivity index (χ4v) is 2.39. The molecule has 0 spiro atoms. The van der Waals surface area contributed by atoms with Crippen molar-refractivity contribution in [3.63, 3.8) is 0 Å². The number of anilines is 1. The minimum Gasteiger partial charge on any atom is -0.447 e. The van der Waals surface area contributed by atoms with Gasteiger partial charge in [0.05, 0.1) is 6.07 Å². The van der Waals surface area contributed by atoms with Gasteiger partial charge in [0.15, 0.2) is 16.8 Å². The fourth-order valence-electron chi connectivity index (χ4n) is 2.02. The van der Waals surface area contributed by atoms with Gasteiger partial charge in [0.1, 0.15) is 0 Å². The second kappa shape index (κ2) is 7.16. The number of hydrogen-bond donors (Lipinski definition) is 1. The Balaban J connectivity index is 2.20. The molecule has 1 amide bonds. The molecule has 0 bridgehead atoms. The molecule has 0 saturated carbocycles. The van der Waals surface area contributed by atoms with Crippen LogP contribution in [0.3, 0.4) is 0 Å². The van der Waals surface area contributed by atoms with E-state index in [2.05, 4.69) is 5.32 Å². The van der Waals surface area contributed by atoms with E-state index in [9.17, 15) is 14.9 Å². The quantitative estimate of drug-likeness (QED) is 0.515. The van der Waals surface area contributed by atoms with E-state index < -0.39 is 17.6 Å². The number of benzene rings is 1. The van der Waals surface area contributed by atoms with Crippen LogP contribution in [-0.4, -0.2) is 17.9 Å². The highest BCUT2D eigenvalue weighted by Gasteiger charge is 2.30. The zero-order valence-corrected chi connectivity index (χ0v) is 13.9. The van der Waals surface area contributed by atoms with Crippen LogP contribution in [0.25, 0.3) is 0 Å². The van der Waals surface area contributed by atoms with E-state index in [4.69, 9.17) is 4.42 Å². The number of furan rings is 1. The molecule has 1 N–H and O–H groups in total. The summed E-state index contributed by atoms with van der Waals surface area (Å²) in [5, 5.41) is 12.4. The Morgan fingerprint density at radius 1 is 1.26 bits per heavy atom. The highest BCUT2D eigenvalue weighted by atomic mass is 32.2. The Morgan fingerprint density at radius 2 is 2.00 bits per heavy atom. The van der Waals surface area contributed by atoms with Crippen molar-refractivity contribution in [1.82, 2.24) is 0 Å². The van der Waals surface area contributed by atoms with Gasteiger partial charge >= 0.3 is 0 Å². The predicted octanol–water partition coefficient (Wildman–Crippen LogP) is 3.58. The average Bonchev–Trinajstić information content (AvgIpc) is 3.00. The number of Topliss-reactive ketones (excluding diaryl/α,β-unsaturated/α-hetero) is 1. The number of carbonyl (C=O) groups is 2. The van der Waals surface area contributed by atoms with Crippen LogP contribution in [0.15, 0.2) is 39.8 Å². The molecule has 118 valence electrons. The fraction of sp³-hybridized carbons (Fsp3) is 0.235. The molecule has 2 rings (SSSR count). The van der Waals surface area contributed by atoms with E-state index in [-0.39, 0.29) is 5.76 Å². The van der Waals surface area contributed by atoms with Gasteiger partial charge in [-0.2, -0.15) is 5.26 Å². The number of ketones is 1. The third-order valence-corrected chi connectivity index (χ3v) is 3.95. The van der Waals surface area contributed by atoms with Crippen molar-refractivity contribution in [2.24, 2.45) is 5.92 Å². The van der Waals surface area contributed by atoms with E-state index in [1.807, 2.05) is 32.2 Å². The smallest absolute Gasteiger partial charge is 0.249 e. The molecular weight excluding hydrogens is 312 g/mol. The van der Waals surface area contributed by atoms with Crippen molar-refractivity contribution in [2.75, 3.05) is 11.6 Å². The summed E-state index contributed by atoms with van der Waals surface area (Å²) in [6.07, 6.45) is 1.81. The minimum absolute atomic E-state index is 0.0111. The molecule has 0 saturated heterocycles. The van der Waals surface area contributed by atoms with E-state index in [0.717, 1.165) is 11.1 Å². The molecule has 23 heavy (non-hydrogen) atoms. The monoisotopic (exact) mass is 328 g/mol. The number of nitrogens with zero attached hydrogens (tertiary/aromatic N) is 1. The summed E-state index contributed by atoms with van der Waals surface area (Å²) < 4.78 is 5.30. The lowest BCUT2D eigenvalue weighted by molar-refractivity contribution is -0.117. The Hall–Kier alpha value is -2.52. The highest BCUT2D eigenvalue weighted by Crippen LogP contribution is 2.22. The van der Waals surface area contributed by atoms with Crippen LogP contribution in [0.4, 0.5) is 5.69 Å². The summed E-state index contributed by atoms with van der Waals surface area (Å²) in [5.74, 6) is -2.74. The molecule has 0 aliphatic carbocycles. The molecule has 5 nitrogen and oxygen atoms in total. The predicted molar refractivity (Wildman–Crippen MR) is 88.5 cm³/mol. The number of thioether (sulfide) groups is 1. The Labute approximate surface area is 138 Å². The van der Waals surface area contributed by atoms with Crippen LogP contribution >= 0.6 is 11.8 Å². The van der Waals surface area contributed by atoms with E-state index in [0.29, 0.717) is 10.8 Å². The molecule has 1 heterocycles. The number of nitriles is 1. The number of hydrogen-bond acceptors (Lipinski definition) is 5. The molecule has 1 aromatic carbocycles. The molecule has 0 radical (unpaired) electrons. The van der Waals surface area contributed by atoms with Crippen molar-refractivity contribution in [3.05, 3.63) is 47.2 Å². The van der Waals surface area contributed by atoms with Crippen molar-refractivity contribution in [3.8, 4) is 6.07 Å². The molecule has 1 unspecified atom stereocenters. The first-order chi connectivity index (χ1) is 11.0. The van der Waals surface area contributed by atoms with Crippen molar-refractivity contribution >= 4 is 29.1 Å². The van der Waals surface area contributed by atoms with Crippen molar-refractivity contribution in [1.29, 1.82) is 5.26 Å². The maximum absolute atomic E-state index is 12.3. The first-order valence-corrected chi connectivity index (χ1v) is 8.14. The lowest BCUT2D eigenvalue weighted by Crippen LogP contribution is -2.28. The topological polar surface area (TPSA) is 83.1 Å². The zero-order valence-electron chi connectivity index (χ0n) is 13.0. The van der Waals surface area contributed by atoms with Crippen molar-refractivity contribution < 1.29 is 14.0 Å². The molecule has 1 atom stereocenters. The number of aryl methyl sites for hydroxylation is 2. The van der Waals surface area contributed by atoms with Crippen LogP contribution in [0, 0.1) is 31.1 Å². The van der Waals surface area contributed by atoms with Gasteiger partial charge in [0.2, 0.25) is 11.7 Å². The van der Waals surface area contributed by atoms with E-state index in [1.165, 1.54) is 17.8 Å². The van der Waals surface area contributed by atoms with Gasteiger partial charge in [-0.25, -0.2) is 0 Å². The summed E-state index contributed by atoms with van der Waals surface area (Å²) in [6.45, 7) is 3.74. The standard InChI is InChI=1S/C17H16N2O3S/c1-10-4-5-11(2)13(8-10)19-17(21)12(9-18)16(20)14-6-7-15(22-14)23-3/h4-8,12H,1-3H3,(H,19,21). The molecule has 0 fully saturated rings. The normalized spacial score (nSPS) is 11.6. The van der Waals surface area contributed by atoms with Crippen LogP contribution in [0.1, 0.15) is 21.7 Å². The number of nitrogens with one attached hydrogen (secondary N) is 1. The van der Waals surface area contributed by atoms with Gasteiger partial charge in [0.25, 0.3) is 0 Å². The van der Waals surface area contributed by atoms with E-state index in [1.54, 1.807) is 18.2 Å². The summed E-state index contributed by atoms with van der Waals surface area (Å²) >= 11 is 1.34. The first kappa shape index (κ1) is 16.8. The third kappa shape index (κ3) is 3.82. The lowest BCUT2D eigenvalue weighted by atomic mass is 10.0. The summed E-state index contributed by atoms with van der Waals surface area (Å²) in [5.41, 5.74) is 2.42. The van der Waals surface area contributed by atoms with Crippen LogP contribution in [-0.2, 0) is 4.79 Å². The number of rotatable bonds is 5. The summed E-state index contributed by atoms with van der Waals surface area (Å²) in [4.78, 5) is 24.6. The Bertz CT molecular complexity index is 789. The van der Waals surface area contributed by atoms with Crippen LogP contribution in [0.5, 0.6) is 0 Å². The van der Waals surface area contributed by atoms with Gasteiger partial charge in [-0.15, -0.1) is 0 Å². The molecular formula is C17H16N2O3S. The SMILES string of the molecule is CSc1ccc(C(=O)C(C#N)C(=O)Nc2cc(C)ccc2C)o1.